The van der Waals surface area contributed by atoms with Crippen LogP contribution in [0.3, 0.4) is 0 Å². The first-order valence-corrected chi connectivity index (χ1v) is 6.83. The Hall–Kier alpha value is -2.41. The maximum atomic E-state index is 4.60. The molecule has 0 fully saturated rings. The zero-order valence-electron chi connectivity index (χ0n) is 11.8. The molecule has 0 N–H and O–H groups in total. The van der Waals surface area contributed by atoms with Gasteiger partial charge in [-0.25, -0.2) is 0 Å². The Labute approximate surface area is 119 Å². The van der Waals surface area contributed by atoms with E-state index in [2.05, 4.69) is 72.6 Å². The number of hydrogen-bond acceptors (Lipinski definition) is 1. The highest BCUT2D eigenvalue weighted by molar-refractivity contribution is 5.71. The van der Waals surface area contributed by atoms with Crippen LogP contribution in [0.15, 0.2) is 66.7 Å². The summed E-state index contributed by atoms with van der Waals surface area (Å²) in [5, 5.41) is 0. The molecule has 1 heterocycles. The zero-order chi connectivity index (χ0) is 13.9. The van der Waals surface area contributed by atoms with Crippen LogP contribution in [-0.2, 0) is 0 Å². The predicted octanol–water partition coefficient (Wildman–Crippen LogP) is 5.03. The molecule has 0 unspecified atom stereocenters. The van der Waals surface area contributed by atoms with Gasteiger partial charge >= 0.3 is 0 Å². The van der Waals surface area contributed by atoms with Crippen molar-refractivity contribution in [2.24, 2.45) is 0 Å². The van der Waals surface area contributed by atoms with Gasteiger partial charge in [-0.15, -0.1) is 0 Å². The Morgan fingerprint density at radius 2 is 1.30 bits per heavy atom. The molecule has 0 atom stereocenters. The number of aryl methyl sites for hydroxylation is 2. The summed E-state index contributed by atoms with van der Waals surface area (Å²) in [5.74, 6) is 0. The lowest BCUT2D eigenvalue weighted by Crippen LogP contribution is -1.87. The van der Waals surface area contributed by atoms with Crippen LogP contribution >= 0.6 is 0 Å². The average Bonchev–Trinajstić information content (AvgIpc) is 2.47. The Morgan fingerprint density at radius 1 is 0.650 bits per heavy atom. The van der Waals surface area contributed by atoms with Crippen molar-refractivity contribution in [1.29, 1.82) is 0 Å². The van der Waals surface area contributed by atoms with Crippen molar-refractivity contribution in [2.45, 2.75) is 13.8 Å². The first-order chi connectivity index (χ1) is 9.72. The molecular weight excluding hydrogens is 242 g/mol. The fourth-order valence-corrected chi connectivity index (χ4v) is 2.39. The van der Waals surface area contributed by atoms with Crippen molar-refractivity contribution in [3.8, 4) is 22.4 Å². The van der Waals surface area contributed by atoms with E-state index in [-0.39, 0.29) is 0 Å². The van der Waals surface area contributed by atoms with Crippen LogP contribution in [0.4, 0.5) is 0 Å². The Morgan fingerprint density at radius 3 is 2.05 bits per heavy atom. The molecule has 0 aliphatic carbocycles. The van der Waals surface area contributed by atoms with E-state index in [1.165, 1.54) is 16.7 Å². The molecule has 0 aliphatic heterocycles. The van der Waals surface area contributed by atoms with Crippen LogP contribution in [0.25, 0.3) is 22.4 Å². The molecule has 1 aromatic heterocycles. The molecule has 3 rings (SSSR count). The van der Waals surface area contributed by atoms with E-state index in [0.717, 1.165) is 17.0 Å². The summed E-state index contributed by atoms with van der Waals surface area (Å²) in [6.07, 6.45) is 0. The molecule has 3 aromatic rings. The van der Waals surface area contributed by atoms with Gasteiger partial charge in [-0.05, 0) is 43.2 Å². The maximum absolute atomic E-state index is 4.60. The molecule has 1 heteroatoms. The first kappa shape index (κ1) is 12.6. The molecule has 2 aromatic carbocycles. The fourth-order valence-electron chi connectivity index (χ4n) is 2.39. The van der Waals surface area contributed by atoms with Crippen LogP contribution in [0, 0.1) is 13.8 Å². The van der Waals surface area contributed by atoms with Crippen LogP contribution in [0.1, 0.15) is 11.3 Å². The number of hydrogen-bond donors (Lipinski definition) is 0. The first-order valence-electron chi connectivity index (χ1n) is 6.83. The highest BCUT2D eigenvalue weighted by Gasteiger charge is 2.03. The number of benzene rings is 2. The number of rotatable bonds is 2. The van der Waals surface area contributed by atoms with Crippen molar-refractivity contribution in [1.82, 2.24) is 4.98 Å². The molecule has 20 heavy (non-hydrogen) atoms. The number of nitrogens with zero attached hydrogens (tertiary/aromatic N) is 1. The topological polar surface area (TPSA) is 12.9 Å². The molecule has 0 saturated heterocycles. The second-order valence-corrected chi connectivity index (χ2v) is 5.11. The maximum Gasteiger partial charge on any atom is 0.0705 e. The molecule has 1 nitrogen and oxygen atoms in total. The van der Waals surface area contributed by atoms with E-state index < -0.39 is 0 Å². The minimum Gasteiger partial charge on any atom is -0.253 e. The summed E-state index contributed by atoms with van der Waals surface area (Å²) in [7, 11) is 0. The Kier molecular flexibility index (Phi) is 3.34. The molecule has 0 amide bonds. The fraction of sp³-hybridized carbons (Fsp3) is 0.105. The van der Waals surface area contributed by atoms with E-state index in [1.54, 1.807) is 0 Å². The second-order valence-electron chi connectivity index (χ2n) is 5.11. The van der Waals surface area contributed by atoms with Gasteiger partial charge < -0.3 is 0 Å². The zero-order valence-corrected chi connectivity index (χ0v) is 11.8. The van der Waals surface area contributed by atoms with E-state index in [1.807, 2.05) is 13.0 Å². The van der Waals surface area contributed by atoms with Crippen molar-refractivity contribution < 1.29 is 0 Å². The average molecular weight is 259 g/mol. The highest BCUT2D eigenvalue weighted by atomic mass is 14.7. The third-order valence-corrected chi connectivity index (χ3v) is 3.40. The summed E-state index contributed by atoms with van der Waals surface area (Å²) >= 11 is 0. The molecule has 0 bridgehead atoms. The van der Waals surface area contributed by atoms with Gasteiger partial charge in [0, 0.05) is 11.3 Å². The lowest BCUT2D eigenvalue weighted by molar-refractivity contribution is 1.21. The quantitative estimate of drug-likeness (QED) is 0.628. The van der Waals surface area contributed by atoms with E-state index in [4.69, 9.17) is 0 Å². The van der Waals surface area contributed by atoms with Gasteiger partial charge in [-0.2, -0.15) is 0 Å². The largest absolute Gasteiger partial charge is 0.253 e. The third-order valence-electron chi connectivity index (χ3n) is 3.40. The number of aromatic nitrogens is 1. The minimum absolute atomic E-state index is 1.03. The SMILES string of the molecule is Cc1cccc(-c2cccc(-c3cccc(C)n3)c2)c1. The van der Waals surface area contributed by atoms with Crippen LogP contribution < -0.4 is 0 Å². The normalized spacial score (nSPS) is 10.5. The minimum atomic E-state index is 1.03. The van der Waals surface area contributed by atoms with Crippen LogP contribution in [0.2, 0.25) is 0 Å². The summed E-state index contributed by atoms with van der Waals surface area (Å²) in [4.78, 5) is 4.60. The van der Waals surface area contributed by atoms with Gasteiger partial charge in [-0.1, -0.05) is 54.1 Å². The van der Waals surface area contributed by atoms with E-state index >= 15 is 0 Å². The van der Waals surface area contributed by atoms with Crippen molar-refractivity contribution in [3.63, 3.8) is 0 Å². The molecule has 0 radical (unpaired) electrons. The van der Waals surface area contributed by atoms with Crippen molar-refractivity contribution in [2.75, 3.05) is 0 Å². The summed E-state index contributed by atoms with van der Waals surface area (Å²) in [6, 6.07) is 23.3. The molecular formula is C19H17N. The van der Waals surface area contributed by atoms with E-state index in [9.17, 15) is 0 Å². The van der Waals surface area contributed by atoms with Gasteiger partial charge in [0.25, 0.3) is 0 Å². The highest BCUT2D eigenvalue weighted by Crippen LogP contribution is 2.25. The van der Waals surface area contributed by atoms with Gasteiger partial charge in [0.15, 0.2) is 0 Å². The predicted molar refractivity (Wildman–Crippen MR) is 84.6 cm³/mol. The molecule has 98 valence electrons. The van der Waals surface area contributed by atoms with Gasteiger partial charge in [0.2, 0.25) is 0 Å². The monoisotopic (exact) mass is 259 g/mol. The Balaban J connectivity index is 2.06. The van der Waals surface area contributed by atoms with Gasteiger partial charge in [0.1, 0.15) is 0 Å². The van der Waals surface area contributed by atoms with Gasteiger partial charge in [-0.3, -0.25) is 4.98 Å². The lowest BCUT2D eigenvalue weighted by Gasteiger charge is -2.07. The van der Waals surface area contributed by atoms with Crippen LogP contribution in [-0.4, -0.2) is 4.98 Å². The summed E-state index contributed by atoms with van der Waals surface area (Å²) in [5.41, 5.74) is 6.99. The lowest BCUT2D eigenvalue weighted by atomic mass is 10.00. The summed E-state index contributed by atoms with van der Waals surface area (Å²) < 4.78 is 0. The standard InChI is InChI=1S/C19H17N/c1-14-6-3-8-16(12-14)17-9-5-10-18(13-17)19-11-4-7-15(2)20-19/h3-13H,1-2H3. The van der Waals surface area contributed by atoms with Crippen molar-refractivity contribution >= 4 is 0 Å². The molecule has 0 aliphatic rings. The van der Waals surface area contributed by atoms with Crippen LogP contribution in [0.5, 0.6) is 0 Å². The second kappa shape index (κ2) is 5.30. The number of pyridine rings is 1. The Bertz CT molecular complexity index is 683. The van der Waals surface area contributed by atoms with Gasteiger partial charge in [0.05, 0.1) is 5.69 Å². The third kappa shape index (κ3) is 2.62. The smallest absolute Gasteiger partial charge is 0.0705 e. The molecule has 0 spiro atoms. The van der Waals surface area contributed by atoms with Crippen molar-refractivity contribution in [3.05, 3.63) is 78.0 Å². The summed E-state index contributed by atoms with van der Waals surface area (Å²) in [6.45, 7) is 4.14. The van der Waals surface area contributed by atoms with E-state index in [0.29, 0.717) is 0 Å². The molecule has 0 saturated carbocycles.